The van der Waals surface area contributed by atoms with Gasteiger partial charge in [-0.05, 0) is 43.3 Å². The van der Waals surface area contributed by atoms with E-state index in [-0.39, 0.29) is 5.91 Å². The van der Waals surface area contributed by atoms with Crippen molar-refractivity contribution in [3.8, 4) is 11.6 Å². The zero-order valence-electron chi connectivity index (χ0n) is 19.0. The number of carboxylic acids is 1. The summed E-state index contributed by atoms with van der Waals surface area (Å²) in [5.74, 6) is -1.40. The lowest BCUT2D eigenvalue weighted by Gasteiger charge is -2.19. The summed E-state index contributed by atoms with van der Waals surface area (Å²) in [7, 11) is 1.61. The number of alkyl halides is 3. The number of nitrogens with zero attached hydrogens (tertiary/aromatic N) is 4. The first-order valence-corrected chi connectivity index (χ1v) is 10.6. The molecule has 0 saturated carbocycles. The van der Waals surface area contributed by atoms with Gasteiger partial charge in [0, 0.05) is 30.5 Å². The standard InChI is InChI=1S/C21H23N5O2.C2HF3O2/c1-3-11-25-13-15-5-4-10-22-20(15)26-19(14-25)18(12-23-26)21(27)24-16-6-8-17(28-2)9-7-16;3-2(4,5)1(6)7/h4-10,12H,3,11,13-14H2,1-2H3,(H,24,27);(H,6,7). The molecule has 4 rings (SSSR count). The van der Waals surface area contributed by atoms with Gasteiger partial charge in [-0.25, -0.2) is 14.5 Å². The number of nitrogens with one attached hydrogen (secondary N) is 1. The SMILES string of the molecule is CCCN1Cc2cccnc2-n2ncc(C(=O)Nc3ccc(OC)cc3)c2C1.O=C(O)C(F)(F)F. The highest BCUT2D eigenvalue weighted by atomic mass is 19.4. The molecule has 3 heterocycles. The molecule has 1 aliphatic rings. The largest absolute Gasteiger partial charge is 0.497 e. The maximum atomic E-state index is 13.0. The van der Waals surface area contributed by atoms with Gasteiger partial charge in [-0.15, -0.1) is 0 Å². The molecule has 0 bridgehead atoms. The Labute approximate surface area is 199 Å². The van der Waals surface area contributed by atoms with E-state index < -0.39 is 12.1 Å². The summed E-state index contributed by atoms with van der Waals surface area (Å²) in [6, 6.07) is 11.3. The van der Waals surface area contributed by atoms with Crippen LogP contribution in [0.25, 0.3) is 5.82 Å². The molecule has 0 aliphatic carbocycles. The van der Waals surface area contributed by atoms with Crippen molar-refractivity contribution in [2.24, 2.45) is 0 Å². The van der Waals surface area contributed by atoms with Crippen molar-refractivity contribution in [3.05, 3.63) is 65.6 Å². The van der Waals surface area contributed by atoms with Gasteiger partial charge >= 0.3 is 12.1 Å². The highest BCUT2D eigenvalue weighted by Gasteiger charge is 2.38. The van der Waals surface area contributed by atoms with E-state index in [0.717, 1.165) is 42.3 Å². The van der Waals surface area contributed by atoms with Gasteiger partial charge < -0.3 is 15.2 Å². The number of pyridine rings is 1. The number of aromatic nitrogens is 3. The third-order valence-electron chi connectivity index (χ3n) is 5.08. The summed E-state index contributed by atoms with van der Waals surface area (Å²) in [5.41, 5.74) is 3.25. The van der Waals surface area contributed by atoms with E-state index in [1.807, 2.05) is 30.3 Å². The van der Waals surface area contributed by atoms with Crippen LogP contribution in [0.1, 0.15) is 35.0 Å². The number of ether oxygens (including phenoxy) is 1. The molecule has 1 aromatic carbocycles. The van der Waals surface area contributed by atoms with E-state index in [9.17, 15) is 18.0 Å². The fraction of sp³-hybridized carbons (Fsp3) is 0.304. The molecule has 9 nitrogen and oxygen atoms in total. The number of methoxy groups -OCH3 is 1. The Morgan fingerprint density at radius 2 is 1.86 bits per heavy atom. The second-order valence-corrected chi connectivity index (χ2v) is 7.60. The van der Waals surface area contributed by atoms with Crippen LogP contribution in [0.15, 0.2) is 48.8 Å². The van der Waals surface area contributed by atoms with E-state index in [2.05, 4.69) is 33.3 Å². The van der Waals surface area contributed by atoms with Crippen LogP contribution in [0, 0.1) is 0 Å². The Morgan fingerprint density at radius 3 is 2.46 bits per heavy atom. The van der Waals surface area contributed by atoms with Crippen LogP contribution in [0.2, 0.25) is 0 Å². The number of fused-ring (bicyclic) bond motifs is 3. The monoisotopic (exact) mass is 491 g/mol. The van der Waals surface area contributed by atoms with Crippen molar-refractivity contribution in [3.63, 3.8) is 0 Å². The summed E-state index contributed by atoms with van der Waals surface area (Å²) in [6.07, 6.45) is -0.657. The van der Waals surface area contributed by atoms with Gasteiger partial charge in [0.05, 0.1) is 24.6 Å². The minimum absolute atomic E-state index is 0.178. The maximum Gasteiger partial charge on any atom is 0.490 e. The van der Waals surface area contributed by atoms with E-state index >= 15 is 0 Å². The van der Waals surface area contributed by atoms with E-state index in [0.29, 0.717) is 17.8 Å². The van der Waals surface area contributed by atoms with Gasteiger partial charge in [0.15, 0.2) is 5.82 Å². The molecule has 0 unspecified atom stereocenters. The molecule has 3 aromatic rings. The average Bonchev–Trinajstić information content (AvgIpc) is 3.16. The molecular formula is C23H24F3N5O4. The third kappa shape index (κ3) is 6.35. The van der Waals surface area contributed by atoms with Gasteiger partial charge in [-0.2, -0.15) is 18.3 Å². The molecule has 35 heavy (non-hydrogen) atoms. The Balaban J connectivity index is 0.000000429. The normalized spacial score (nSPS) is 12.9. The lowest BCUT2D eigenvalue weighted by atomic mass is 10.2. The Kier molecular flexibility index (Phi) is 8.07. The summed E-state index contributed by atoms with van der Waals surface area (Å²) < 4.78 is 38.7. The average molecular weight is 491 g/mol. The number of benzene rings is 1. The fourth-order valence-electron chi connectivity index (χ4n) is 3.50. The second kappa shape index (κ2) is 11.0. The van der Waals surface area contributed by atoms with E-state index in [1.165, 1.54) is 0 Å². The second-order valence-electron chi connectivity index (χ2n) is 7.60. The Morgan fingerprint density at radius 1 is 1.17 bits per heavy atom. The number of hydrogen-bond acceptors (Lipinski definition) is 6. The van der Waals surface area contributed by atoms with Crippen LogP contribution in [-0.2, 0) is 17.9 Å². The van der Waals surface area contributed by atoms with Crippen molar-refractivity contribution >= 4 is 17.6 Å². The number of halogens is 3. The molecule has 0 spiro atoms. The lowest BCUT2D eigenvalue weighted by molar-refractivity contribution is -0.192. The van der Waals surface area contributed by atoms with Gasteiger partial charge in [0.25, 0.3) is 5.91 Å². The number of aliphatic carboxylic acids is 1. The molecule has 12 heteroatoms. The summed E-state index contributed by atoms with van der Waals surface area (Å²) in [5, 5.41) is 14.6. The van der Waals surface area contributed by atoms with Crippen molar-refractivity contribution in [1.29, 1.82) is 0 Å². The van der Waals surface area contributed by atoms with Gasteiger partial charge in [0.1, 0.15) is 5.75 Å². The molecule has 0 radical (unpaired) electrons. The number of carbonyl (C=O) groups is 2. The van der Waals surface area contributed by atoms with Gasteiger partial charge in [-0.1, -0.05) is 13.0 Å². The summed E-state index contributed by atoms with van der Waals surface area (Å²) in [6.45, 7) is 4.54. The zero-order valence-corrected chi connectivity index (χ0v) is 19.0. The summed E-state index contributed by atoms with van der Waals surface area (Å²) >= 11 is 0. The molecule has 1 aliphatic heterocycles. The number of anilines is 1. The highest BCUT2D eigenvalue weighted by molar-refractivity contribution is 6.05. The topological polar surface area (TPSA) is 110 Å². The molecule has 0 saturated heterocycles. The van der Waals surface area contributed by atoms with Crippen LogP contribution in [-0.4, -0.2) is 56.5 Å². The first-order chi connectivity index (χ1) is 16.6. The van der Waals surface area contributed by atoms with Crippen LogP contribution in [0.5, 0.6) is 5.75 Å². The van der Waals surface area contributed by atoms with Crippen LogP contribution < -0.4 is 10.1 Å². The number of rotatable bonds is 5. The first kappa shape index (κ1) is 25.7. The molecule has 2 N–H and O–H groups in total. The van der Waals surface area contributed by atoms with Crippen LogP contribution >= 0.6 is 0 Å². The van der Waals surface area contributed by atoms with Gasteiger partial charge in [-0.3, -0.25) is 9.69 Å². The van der Waals surface area contributed by atoms with Crippen molar-refractivity contribution in [1.82, 2.24) is 19.7 Å². The quantitative estimate of drug-likeness (QED) is 0.557. The zero-order chi connectivity index (χ0) is 25.6. The first-order valence-electron chi connectivity index (χ1n) is 10.6. The number of amides is 1. The molecule has 0 fully saturated rings. The molecule has 0 atom stereocenters. The van der Waals surface area contributed by atoms with E-state index in [4.69, 9.17) is 14.6 Å². The maximum absolute atomic E-state index is 13.0. The lowest BCUT2D eigenvalue weighted by Crippen LogP contribution is -2.24. The predicted octanol–water partition coefficient (Wildman–Crippen LogP) is 3.89. The van der Waals surface area contributed by atoms with Crippen molar-refractivity contribution < 1.29 is 32.6 Å². The van der Waals surface area contributed by atoms with Crippen molar-refractivity contribution in [2.45, 2.75) is 32.6 Å². The molecule has 1 amide bonds. The van der Waals surface area contributed by atoms with Crippen LogP contribution in [0.3, 0.4) is 0 Å². The highest BCUT2D eigenvalue weighted by Crippen LogP contribution is 2.25. The van der Waals surface area contributed by atoms with Crippen LogP contribution in [0.4, 0.5) is 18.9 Å². The Bertz CT molecular complexity index is 1180. The van der Waals surface area contributed by atoms with E-state index in [1.54, 1.807) is 24.2 Å². The number of carbonyl (C=O) groups excluding carboxylic acids is 1. The molecule has 186 valence electrons. The predicted molar refractivity (Wildman–Crippen MR) is 120 cm³/mol. The van der Waals surface area contributed by atoms with Crippen molar-refractivity contribution in [2.75, 3.05) is 19.0 Å². The minimum atomic E-state index is -5.08. The molecule has 2 aromatic heterocycles. The number of carboxylic acid groups (broad SMARTS) is 1. The Hall–Kier alpha value is -3.93. The smallest absolute Gasteiger partial charge is 0.490 e. The summed E-state index contributed by atoms with van der Waals surface area (Å²) in [4.78, 5) is 28.7. The third-order valence-corrected chi connectivity index (χ3v) is 5.08. The minimum Gasteiger partial charge on any atom is -0.497 e. The number of hydrogen-bond donors (Lipinski definition) is 2. The fourth-order valence-corrected chi connectivity index (χ4v) is 3.50. The molecular weight excluding hydrogens is 467 g/mol. The van der Waals surface area contributed by atoms with Gasteiger partial charge in [0.2, 0.25) is 0 Å².